The number of hydrogen-bond acceptors (Lipinski definition) is 3. The monoisotopic (exact) mass is 173 g/mol. The van der Waals surface area contributed by atoms with Gasteiger partial charge in [0.1, 0.15) is 6.61 Å². The van der Waals surface area contributed by atoms with Crippen molar-refractivity contribution in [1.82, 2.24) is 5.32 Å². The standard InChI is InChI=1S/C7H11NO4/c1-7(2-6(10)11)4-8-5(9)3-12-7/h2-4H2,1H3,(H,8,9)(H,10,11). The van der Waals surface area contributed by atoms with Gasteiger partial charge in [-0.05, 0) is 6.92 Å². The maximum Gasteiger partial charge on any atom is 0.306 e. The van der Waals surface area contributed by atoms with Crippen molar-refractivity contribution >= 4 is 11.9 Å². The molecule has 0 aromatic heterocycles. The highest BCUT2D eigenvalue weighted by Gasteiger charge is 2.33. The first-order valence-electron chi connectivity index (χ1n) is 3.64. The number of carboxylic acid groups (broad SMARTS) is 1. The van der Waals surface area contributed by atoms with Crippen molar-refractivity contribution in [2.45, 2.75) is 18.9 Å². The number of carboxylic acids is 1. The molecule has 0 radical (unpaired) electrons. The molecule has 1 rings (SSSR count). The van der Waals surface area contributed by atoms with E-state index >= 15 is 0 Å². The van der Waals surface area contributed by atoms with E-state index in [1.54, 1.807) is 6.92 Å². The van der Waals surface area contributed by atoms with Gasteiger partial charge in [-0.3, -0.25) is 9.59 Å². The van der Waals surface area contributed by atoms with E-state index in [4.69, 9.17) is 9.84 Å². The Labute approximate surface area is 69.7 Å². The second-order valence-electron chi connectivity index (χ2n) is 3.09. The summed E-state index contributed by atoms with van der Waals surface area (Å²) in [7, 11) is 0. The van der Waals surface area contributed by atoms with Crippen LogP contribution in [0, 0.1) is 0 Å². The zero-order valence-electron chi connectivity index (χ0n) is 6.79. The number of hydrogen-bond donors (Lipinski definition) is 2. The van der Waals surface area contributed by atoms with Crippen molar-refractivity contribution in [1.29, 1.82) is 0 Å². The van der Waals surface area contributed by atoms with Gasteiger partial charge < -0.3 is 15.2 Å². The van der Waals surface area contributed by atoms with Gasteiger partial charge in [-0.25, -0.2) is 0 Å². The molecule has 1 aliphatic heterocycles. The second-order valence-corrected chi connectivity index (χ2v) is 3.09. The van der Waals surface area contributed by atoms with E-state index in [1.807, 2.05) is 0 Å². The van der Waals surface area contributed by atoms with E-state index in [2.05, 4.69) is 5.32 Å². The van der Waals surface area contributed by atoms with E-state index in [0.29, 0.717) is 0 Å². The Hall–Kier alpha value is -1.10. The number of nitrogens with one attached hydrogen (secondary N) is 1. The first-order chi connectivity index (χ1) is 5.52. The van der Waals surface area contributed by atoms with Crippen LogP contribution in [0.4, 0.5) is 0 Å². The van der Waals surface area contributed by atoms with Gasteiger partial charge in [0.2, 0.25) is 5.91 Å². The van der Waals surface area contributed by atoms with Gasteiger partial charge >= 0.3 is 5.97 Å². The topological polar surface area (TPSA) is 75.6 Å². The first kappa shape index (κ1) is 8.99. The summed E-state index contributed by atoms with van der Waals surface area (Å²) in [5.41, 5.74) is -0.750. The summed E-state index contributed by atoms with van der Waals surface area (Å²) in [4.78, 5) is 21.0. The fraction of sp³-hybridized carbons (Fsp3) is 0.714. The van der Waals surface area contributed by atoms with E-state index in [1.165, 1.54) is 0 Å². The minimum absolute atomic E-state index is 0.0518. The molecule has 5 nitrogen and oxygen atoms in total. The van der Waals surface area contributed by atoms with Crippen LogP contribution in [0.1, 0.15) is 13.3 Å². The summed E-state index contributed by atoms with van der Waals surface area (Å²) in [6.45, 7) is 1.88. The Morgan fingerprint density at radius 3 is 2.92 bits per heavy atom. The molecule has 12 heavy (non-hydrogen) atoms. The fourth-order valence-corrected chi connectivity index (χ4v) is 1.06. The molecule has 0 saturated carbocycles. The van der Waals surface area contributed by atoms with Gasteiger partial charge in [-0.1, -0.05) is 0 Å². The van der Waals surface area contributed by atoms with Gasteiger partial charge in [0.05, 0.1) is 12.0 Å². The van der Waals surface area contributed by atoms with E-state index in [-0.39, 0.29) is 25.5 Å². The molecule has 68 valence electrons. The molecule has 0 spiro atoms. The molecule has 1 heterocycles. The van der Waals surface area contributed by atoms with Crippen LogP contribution in [0.25, 0.3) is 0 Å². The van der Waals surface area contributed by atoms with Gasteiger partial charge in [0.15, 0.2) is 0 Å². The average molecular weight is 173 g/mol. The Balaban J connectivity index is 2.49. The average Bonchev–Trinajstić information content (AvgIpc) is 1.94. The molecule has 1 unspecified atom stereocenters. The van der Waals surface area contributed by atoms with Gasteiger partial charge in [-0.15, -0.1) is 0 Å². The zero-order chi connectivity index (χ0) is 9.19. The molecule has 1 amide bonds. The number of morpholine rings is 1. The lowest BCUT2D eigenvalue weighted by molar-refractivity contribution is -0.154. The van der Waals surface area contributed by atoms with Crippen molar-refractivity contribution < 1.29 is 19.4 Å². The lowest BCUT2D eigenvalue weighted by Gasteiger charge is -2.32. The molecule has 1 fully saturated rings. The zero-order valence-corrected chi connectivity index (χ0v) is 6.79. The van der Waals surface area contributed by atoms with Crippen molar-refractivity contribution in [2.24, 2.45) is 0 Å². The number of carbonyl (C=O) groups excluding carboxylic acids is 1. The van der Waals surface area contributed by atoms with Crippen LogP contribution >= 0.6 is 0 Å². The second kappa shape index (κ2) is 3.10. The molecule has 0 aromatic carbocycles. The maximum absolute atomic E-state index is 10.7. The van der Waals surface area contributed by atoms with E-state index < -0.39 is 11.6 Å². The smallest absolute Gasteiger partial charge is 0.306 e. The minimum Gasteiger partial charge on any atom is -0.481 e. The molecule has 1 saturated heterocycles. The van der Waals surface area contributed by atoms with Crippen LogP contribution in [0.5, 0.6) is 0 Å². The van der Waals surface area contributed by atoms with Gasteiger partial charge in [0.25, 0.3) is 0 Å². The first-order valence-corrected chi connectivity index (χ1v) is 3.64. The molecule has 5 heteroatoms. The molecule has 0 aliphatic carbocycles. The predicted octanol–water partition coefficient (Wildman–Crippen LogP) is -0.634. The molecular formula is C7H11NO4. The number of carbonyl (C=O) groups is 2. The molecular weight excluding hydrogens is 162 g/mol. The number of amides is 1. The summed E-state index contributed by atoms with van der Waals surface area (Å²) < 4.78 is 5.10. The van der Waals surface area contributed by atoms with Crippen molar-refractivity contribution in [3.05, 3.63) is 0 Å². The molecule has 0 bridgehead atoms. The van der Waals surface area contributed by atoms with Gasteiger partial charge in [0, 0.05) is 6.54 Å². The third kappa shape index (κ3) is 2.20. The fourth-order valence-electron chi connectivity index (χ4n) is 1.06. The van der Waals surface area contributed by atoms with Crippen LogP contribution < -0.4 is 5.32 Å². The quantitative estimate of drug-likeness (QED) is 0.582. The van der Waals surface area contributed by atoms with E-state index in [0.717, 1.165) is 0 Å². The highest BCUT2D eigenvalue weighted by atomic mass is 16.5. The summed E-state index contributed by atoms with van der Waals surface area (Å²) in [5, 5.41) is 11.1. The SMILES string of the molecule is CC1(CC(=O)O)CNC(=O)CO1. The third-order valence-corrected chi connectivity index (χ3v) is 1.74. The van der Waals surface area contributed by atoms with Crippen LogP contribution in [0.15, 0.2) is 0 Å². The Bertz CT molecular complexity index is 203. The molecule has 1 atom stereocenters. The highest BCUT2D eigenvalue weighted by molar-refractivity contribution is 5.78. The van der Waals surface area contributed by atoms with Crippen LogP contribution in [0.3, 0.4) is 0 Å². The number of ether oxygens (including phenoxy) is 1. The third-order valence-electron chi connectivity index (χ3n) is 1.74. The molecule has 0 aromatic rings. The summed E-state index contributed by atoms with van der Waals surface area (Å²) in [6, 6.07) is 0. The van der Waals surface area contributed by atoms with Gasteiger partial charge in [-0.2, -0.15) is 0 Å². The Morgan fingerprint density at radius 2 is 2.50 bits per heavy atom. The molecule has 2 N–H and O–H groups in total. The van der Waals surface area contributed by atoms with Crippen LogP contribution in [-0.4, -0.2) is 35.7 Å². The van der Waals surface area contributed by atoms with Crippen LogP contribution in [-0.2, 0) is 14.3 Å². The Morgan fingerprint density at radius 1 is 1.83 bits per heavy atom. The largest absolute Gasteiger partial charge is 0.481 e. The summed E-state index contributed by atoms with van der Waals surface area (Å²) in [6.07, 6.45) is -0.0900. The number of rotatable bonds is 2. The normalized spacial score (nSPS) is 29.6. The van der Waals surface area contributed by atoms with Crippen molar-refractivity contribution in [3.8, 4) is 0 Å². The summed E-state index contributed by atoms with van der Waals surface area (Å²) in [5.74, 6) is -1.12. The van der Waals surface area contributed by atoms with Crippen molar-refractivity contribution in [3.63, 3.8) is 0 Å². The lowest BCUT2D eigenvalue weighted by atomic mass is 10.0. The number of aliphatic carboxylic acids is 1. The van der Waals surface area contributed by atoms with Crippen LogP contribution in [0.2, 0.25) is 0 Å². The summed E-state index contributed by atoms with van der Waals surface area (Å²) >= 11 is 0. The molecule has 1 aliphatic rings. The highest BCUT2D eigenvalue weighted by Crippen LogP contribution is 2.16. The lowest BCUT2D eigenvalue weighted by Crippen LogP contribution is -2.51. The maximum atomic E-state index is 10.7. The van der Waals surface area contributed by atoms with E-state index in [9.17, 15) is 9.59 Å². The van der Waals surface area contributed by atoms with Crippen molar-refractivity contribution in [2.75, 3.05) is 13.2 Å². The minimum atomic E-state index is -0.923. The Kier molecular flexibility index (Phi) is 2.32. The predicted molar refractivity (Wildman–Crippen MR) is 39.6 cm³/mol.